The van der Waals surface area contributed by atoms with Gasteiger partial charge in [-0.25, -0.2) is 9.18 Å². The number of rotatable bonds is 7. The summed E-state index contributed by atoms with van der Waals surface area (Å²) in [6.07, 6.45) is 1.50. The van der Waals surface area contributed by atoms with Crippen molar-refractivity contribution in [3.8, 4) is 11.5 Å². The van der Waals surface area contributed by atoms with Crippen LogP contribution in [0.1, 0.15) is 11.1 Å². The first-order valence-electron chi connectivity index (χ1n) is 9.00. The van der Waals surface area contributed by atoms with Gasteiger partial charge in [0.1, 0.15) is 5.82 Å². The van der Waals surface area contributed by atoms with Crippen molar-refractivity contribution >= 4 is 62.5 Å². The molecular weight excluding hydrogens is 529 g/mol. The summed E-state index contributed by atoms with van der Waals surface area (Å²) in [6.45, 7) is -0.589. The first kappa shape index (κ1) is 24.1. The van der Waals surface area contributed by atoms with Gasteiger partial charge in [0.05, 0.1) is 25.7 Å². The van der Waals surface area contributed by atoms with Crippen molar-refractivity contribution in [1.29, 1.82) is 0 Å². The highest BCUT2D eigenvalue weighted by Crippen LogP contribution is 2.39. The molecule has 3 rings (SSSR count). The van der Waals surface area contributed by atoms with Crippen molar-refractivity contribution in [3.63, 3.8) is 0 Å². The predicted octanol–water partition coefficient (Wildman–Crippen LogP) is 5.04. The third kappa shape index (κ3) is 5.25. The first-order valence-corrected chi connectivity index (χ1v) is 11.0. The predicted molar refractivity (Wildman–Crippen MR) is 121 cm³/mol. The summed E-state index contributed by atoms with van der Waals surface area (Å²) in [4.78, 5) is 37.6. The highest BCUT2D eigenvalue weighted by molar-refractivity contribution is 9.10. The smallest absolute Gasteiger partial charge is 0.343 e. The molecule has 0 atom stereocenters. The summed E-state index contributed by atoms with van der Waals surface area (Å²) in [5, 5.41) is -0.412. The molecule has 0 bridgehead atoms. The zero-order chi connectivity index (χ0) is 23.4. The Balaban J connectivity index is 1.86. The second-order valence-electron chi connectivity index (χ2n) is 6.36. The van der Waals surface area contributed by atoms with Crippen LogP contribution in [-0.4, -0.2) is 42.8 Å². The van der Waals surface area contributed by atoms with Crippen LogP contribution in [0.2, 0.25) is 5.02 Å². The van der Waals surface area contributed by atoms with Crippen molar-refractivity contribution in [3.05, 3.63) is 61.7 Å². The Hall–Kier alpha value is -2.56. The molecule has 2 aromatic carbocycles. The Labute approximate surface area is 200 Å². The lowest BCUT2D eigenvalue weighted by Crippen LogP contribution is -2.28. The zero-order valence-corrected chi connectivity index (χ0v) is 20.0. The first-order chi connectivity index (χ1) is 15.2. The van der Waals surface area contributed by atoms with Crippen molar-refractivity contribution in [2.24, 2.45) is 0 Å². The number of ether oxygens (including phenoxy) is 3. The summed E-state index contributed by atoms with van der Waals surface area (Å²) in [7, 11) is 2.67. The normalized spacial score (nSPS) is 14.8. The van der Waals surface area contributed by atoms with Crippen LogP contribution in [0.5, 0.6) is 11.5 Å². The van der Waals surface area contributed by atoms with Gasteiger partial charge in [-0.1, -0.05) is 33.6 Å². The highest BCUT2D eigenvalue weighted by atomic mass is 79.9. The third-order valence-electron chi connectivity index (χ3n) is 4.39. The average molecular weight is 545 g/mol. The van der Waals surface area contributed by atoms with Gasteiger partial charge in [0, 0.05) is 15.1 Å². The molecule has 1 aliphatic rings. The number of amides is 2. The molecule has 11 heteroatoms. The lowest BCUT2D eigenvalue weighted by Gasteiger charge is -2.14. The van der Waals surface area contributed by atoms with E-state index in [0.29, 0.717) is 15.8 Å². The number of esters is 1. The van der Waals surface area contributed by atoms with E-state index < -0.39 is 22.9 Å². The van der Waals surface area contributed by atoms with Gasteiger partial charge >= 0.3 is 5.97 Å². The number of benzene rings is 2. The molecule has 0 radical (unpaired) electrons. The van der Waals surface area contributed by atoms with E-state index >= 15 is 0 Å². The molecule has 1 heterocycles. The Bertz CT molecular complexity index is 1110. The standard InChI is InChI=1S/C21H16BrClFNO6S/c1-29-16-6-11(13(22)8-17(16)31-10-19(26)30-2)7-18-20(27)25(21(28)32-18)9-12-14(23)4-3-5-15(12)24/h3-8H,9-10H2,1-2H3/b18-7+. The Morgan fingerprint density at radius 3 is 2.66 bits per heavy atom. The Morgan fingerprint density at radius 1 is 1.25 bits per heavy atom. The maximum absolute atomic E-state index is 14.1. The monoisotopic (exact) mass is 543 g/mol. The highest BCUT2D eigenvalue weighted by Gasteiger charge is 2.36. The SMILES string of the molecule is COC(=O)COc1cc(Br)c(/C=C2/SC(=O)N(Cc3c(F)cccc3Cl)C2=O)cc1OC. The van der Waals surface area contributed by atoms with Gasteiger partial charge in [-0.15, -0.1) is 0 Å². The van der Waals surface area contributed by atoms with E-state index in [1.807, 2.05) is 0 Å². The van der Waals surface area contributed by atoms with E-state index in [9.17, 15) is 18.8 Å². The van der Waals surface area contributed by atoms with Crippen LogP contribution in [-0.2, 0) is 20.9 Å². The van der Waals surface area contributed by atoms with E-state index in [4.69, 9.17) is 21.1 Å². The number of carbonyl (C=O) groups excluding carboxylic acids is 3. The van der Waals surface area contributed by atoms with E-state index in [0.717, 1.165) is 16.7 Å². The molecule has 0 aliphatic carbocycles. The fourth-order valence-electron chi connectivity index (χ4n) is 2.75. The number of carbonyl (C=O) groups is 3. The molecule has 0 spiro atoms. The summed E-state index contributed by atoms with van der Waals surface area (Å²) >= 11 is 10.1. The number of hydrogen-bond donors (Lipinski definition) is 0. The second kappa shape index (κ2) is 10.4. The lowest BCUT2D eigenvalue weighted by molar-refractivity contribution is -0.142. The van der Waals surface area contributed by atoms with Gasteiger partial charge in [-0.05, 0) is 47.7 Å². The van der Waals surface area contributed by atoms with Crippen molar-refractivity contribution < 1.29 is 33.0 Å². The van der Waals surface area contributed by atoms with Gasteiger partial charge < -0.3 is 14.2 Å². The quantitative estimate of drug-likeness (QED) is 0.357. The largest absolute Gasteiger partial charge is 0.493 e. The topological polar surface area (TPSA) is 82.1 Å². The van der Waals surface area contributed by atoms with Crippen LogP contribution in [0.25, 0.3) is 6.08 Å². The average Bonchev–Trinajstić information content (AvgIpc) is 3.03. The van der Waals surface area contributed by atoms with Crippen molar-refractivity contribution in [1.82, 2.24) is 4.90 Å². The summed E-state index contributed by atoms with van der Waals surface area (Å²) in [6, 6.07) is 7.29. The molecule has 168 valence electrons. The molecule has 32 heavy (non-hydrogen) atoms. The minimum Gasteiger partial charge on any atom is -0.493 e. The van der Waals surface area contributed by atoms with Crippen LogP contribution in [0.4, 0.5) is 9.18 Å². The van der Waals surface area contributed by atoms with Crippen LogP contribution < -0.4 is 9.47 Å². The van der Waals surface area contributed by atoms with E-state index in [1.165, 1.54) is 38.5 Å². The molecule has 7 nitrogen and oxygen atoms in total. The minimum atomic E-state index is -0.601. The summed E-state index contributed by atoms with van der Waals surface area (Å²) in [5.74, 6) is -1.15. The molecule has 0 unspecified atom stereocenters. The Morgan fingerprint density at radius 2 is 2.00 bits per heavy atom. The fraction of sp³-hybridized carbons (Fsp3) is 0.190. The summed E-state index contributed by atoms with van der Waals surface area (Å²) in [5.41, 5.74) is 0.592. The van der Waals surface area contributed by atoms with E-state index in [-0.39, 0.29) is 34.4 Å². The molecule has 0 saturated carbocycles. The van der Waals surface area contributed by atoms with Crippen LogP contribution in [0, 0.1) is 5.82 Å². The number of imide groups is 1. The number of hydrogen-bond acceptors (Lipinski definition) is 7. The number of thioether (sulfide) groups is 1. The van der Waals surface area contributed by atoms with E-state index in [1.54, 1.807) is 12.1 Å². The molecule has 1 saturated heterocycles. The fourth-order valence-corrected chi connectivity index (χ4v) is 4.24. The van der Waals surface area contributed by atoms with E-state index in [2.05, 4.69) is 20.7 Å². The maximum atomic E-state index is 14.1. The van der Waals surface area contributed by atoms with Crippen LogP contribution in [0.3, 0.4) is 0 Å². The minimum absolute atomic E-state index is 0.0627. The molecule has 1 fully saturated rings. The zero-order valence-electron chi connectivity index (χ0n) is 16.8. The molecular formula is C21H16BrClFNO6S. The van der Waals surface area contributed by atoms with Gasteiger partial charge in [-0.3, -0.25) is 14.5 Å². The van der Waals surface area contributed by atoms with Gasteiger partial charge in [0.25, 0.3) is 11.1 Å². The molecule has 2 aromatic rings. The third-order valence-corrected chi connectivity index (χ3v) is 6.34. The summed E-state index contributed by atoms with van der Waals surface area (Å²) < 4.78 is 29.9. The number of methoxy groups -OCH3 is 2. The van der Waals surface area contributed by atoms with Gasteiger partial charge in [0.2, 0.25) is 0 Å². The molecule has 0 aromatic heterocycles. The van der Waals surface area contributed by atoms with Gasteiger partial charge in [-0.2, -0.15) is 0 Å². The molecule has 2 amide bonds. The van der Waals surface area contributed by atoms with Crippen molar-refractivity contribution in [2.75, 3.05) is 20.8 Å². The lowest BCUT2D eigenvalue weighted by atomic mass is 10.1. The van der Waals surface area contributed by atoms with Crippen molar-refractivity contribution in [2.45, 2.75) is 6.54 Å². The number of nitrogens with zero attached hydrogens (tertiary/aromatic N) is 1. The second-order valence-corrected chi connectivity index (χ2v) is 8.61. The van der Waals surface area contributed by atoms with Crippen LogP contribution in [0.15, 0.2) is 39.7 Å². The molecule has 0 N–H and O–H groups in total. The Kier molecular flexibility index (Phi) is 7.81. The van der Waals surface area contributed by atoms with Gasteiger partial charge in [0.15, 0.2) is 18.1 Å². The number of halogens is 3. The van der Waals surface area contributed by atoms with Crippen LogP contribution >= 0.6 is 39.3 Å². The molecule has 1 aliphatic heterocycles. The maximum Gasteiger partial charge on any atom is 0.343 e.